The number of carbonyl (C=O) groups excluding carboxylic acids is 2. The molecule has 0 aliphatic carbocycles. The van der Waals surface area contributed by atoms with Gasteiger partial charge in [0.2, 0.25) is 5.91 Å². The normalized spacial score (nSPS) is 12.0. The van der Waals surface area contributed by atoms with Gasteiger partial charge in [0.15, 0.2) is 4.80 Å². The van der Waals surface area contributed by atoms with Gasteiger partial charge in [-0.25, -0.2) is 8.42 Å². The number of nitrogens with one attached hydrogen (secondary N) is 2. The van der Waals surface area contributed by atoms with Crippen LogP contribution in [-0.4, -0.2) is 38.0 Å². The molecule has 11 heteroatoms. The highest BCUT2D eigenvalue weighted by Gasteiger charge is 2.15. The van der Waals surface area contributed by atoms with Gasteiger partial charge in [-0.1, -0.05) is 29.0 Å². The third kappa shape index (κ3) is 6.55. The molecule has 1 aromatic heterocycles. The molecule has 38 heavy (non-hydrogen) atoms. The van der Waals surface area contributed by atoms with E-state index in [2.05, 4.69) is 15.0 Å². The van der Waals surface area contributed by atoms with Crippen molar-refractivity contribution >= 4 is 54.8 Å². The van der Waals surface area contributed by atoms with Crippen LogP contribution in [0.3, 0.4) is 0 Å². The molecule has 4 aromatic rings. The lowest BCUT2D eigenvalue weighted by Crippen LogP contribution is -2.19. The van der Waals surface area contributed by atoms with Gasteiger partial charge in [0, 0.05) is 37.0 Å². The summed E-state index contributed by atoms with van der Waals surface area (Å²) in [6, 6.07) is 18.2. The zero-order valence-electron chi connectivity index (χ0n) is 21.2. The molecular weight excluding hydrogens is 524 g/mol. The largest absolute Gasteiger partial charge is 0.380 e. The first kappa shape index (κ1) is 27.2. The smallest absolute Gasteiger partial charge is 0.279 e. The number of carbonyl (C=O) groups is 2. The first-order chi connectivity index (χ1) is 18.2. The summed E-state index contributed by atoms with van der Waals surface area (Å²) in [7, 11) is -3.75. The fourth-order valence-corrected chi connectivity index (χ4v) is 5.87. The first-order valence-corrected chi connectivity index (χ1v) is 14.2. The van der Waals surface area contributed by atoms with Gasteiger partial charge in [0.1, 0.15) is 0 Å². The molecular formula is C27H28N4O5S2. The van der Waals surface area contributed by atoms with E-state index in [0.29, 0.717) is 41.5 Å². The topological polar surface area (TPSA) is 119 Å². The van der Waals surface area contributed by atoms with Gasteiger partial charge >= 0.3 is 0 Å². The third-order valence-electron chi connectivity index (χ3n) is 5.58. The summed E-state index contributed by atoms with van der Waals surface area (Å²) < 4.78 is 36.1. The van der Waals surface area contributed by atoms with Gasteiger partial charge in [0.05, 0.1) is 21.7 Å². The number of anilines is 2. The number of ether oxygens (including phenoxy) is 1. The lowest BCUT2D eigenvalue weighted by Gasteiger charge is -2.09. The Morgan fingerprint density at radius 1 is 1.00 bits per heavy atom. The third-order valence-corrected chi connectivity index (χ3v) is 8.02. The van der Waals surface area contributed by atoms with Crippen molar-refractivity contribution in [2.45, 2.75) is 32.2 Å². The first-order valence-electron chi connectivity index (χ1n) is 11.9. The zero-order valence-corrected chi connectivity index (χ0v) is 22.9. The molecule has 0 aliphatic rings. The molecule has 198 valence electrons. The van der Waals surface area contributed by atoms with Crippen LogP contribution in [0.2, 0.25) is 0 Å². The highest BCUT2D eigenvalue weighted by molar-refractivity contribution is 7.92. The van der Waals surface area contributed by atoms with Crippen LogP contribution in [0, 0.1) is 6.92 Å². The SMILES string of the molecule is CCOCCn1c(=NC(=O)c2ccc(NS(=O)(=O)c3ccc(C)cc3)cc2)sc2cc(NC(C)=O)ccc21. The molecule has 1 heterocycles. The highest BCUT2D eigenvalue weighted by Crippen LogP contribution is 2.23. The predicted octanol–water partition coefficient (Wildman–Crippen LogP) is 4.55. The molecule has 3 aromatic carbocycles. The Morgan fingerprint density at radius 3 is 2.34 bits per heavy atom. The molecule has 0 saturated carbocycles. The molecule has 0 bridgehead atoms. The molecule has 4 rings (SSSR count). The van der Waals surface area contributed by atoms with E-state index < -0.39 is 15.9 Å². The lowest BCUT2D eigenvalue weighted by molar-refractivity contribution is -0.114. The quantitative estimate of drug-likeness (QED) is 0.295. The summed E-state index contributed by atoms with van der Waals surface area (Å²) in [5, 5.41) is 2.77. The average molecular weight is 553 g/mol. The van der Waals surface area contributed by atoms with E-state index in [0.717, 1.165) is 15.8 Å². The van der Waals surface area contributed by atoms with Crippen LogP contribution >= 0.6 is 11.3 Å². The maximum Gasteiger partial charge on any atom is 0.279 e. The molecule has 2 amide bonds. The number of nitrogens with zero attached hydrogens (tertiary/aromatic N) is 2. The van der Waals surface area contributed by atoms with Crippen LogP contribution in [0.1, 0.15) is 29.8 Å². The van der Waals surface area contributed by atoms with E-state index in [1.165, 1.54) is 42.5 Å². The fourth-order valence-electron chi connectivity index (χ4n) is 3.72. The second-order valence-electron chi connectivity index (χ2n) is 8.51. The predicted molar refractivity (Wildman–Crippen MR) is 149 cm³/mol. The Morgan fingerprint density at radius 2 is 1.68 bits per heavy atom. The number of benzene rings is 3. The lowest BCUT2D eigenvalue weighted by atomic mass is 10.2. The number of fused-ring (bicyclic) bond motifs is 1. The Hall–Kier alpha value is -3.80. The fraction of sp³-hybridized carbons (Fsp3) is 0.222. The van der Waals surface area contributed by atoms with Crippen LogP contribution in [0.5, 0.6) is 0 Å². The Kier molecular flexibility index (Phi) is 8.40. The minimum Gasteiger partial charge on any atom is -0.380 e. The summed E-state index contributed by atoms with van der Waals surface area (Å²) in [4.78, 5) is 29.5. The van der Waals surface area contributed by atoms with Crippen molar-refractivity contribution in [1.29, 1.82) is 0 Å². The summed E-state index contributed by atoms with van der Waals surface area (Å²) in [5.74, 6) is -0.633. The zero-order chi connectivity index (χ0) is 27.3. The average Bonchev–Trinajstić information content (AvgIpc) is 3.20. The molecule has 0 aliphatic heterocycles. The highest BCUT2D eigenvalue weighted by atomic mass is 32.2. The molecule has 2 N–H and O–H groups in total. The van der Waals surface area contributed by atoms with Crippen molar-refractivity contribution in [3.63, 3.8) is 0 Å². The van der Waals surface area contributed by atoms with E-state index in [1.807, 2.05) is 30.5 Å². The van der Waals surface area contributed by atoms with E-state index >= 15 is 0 Å². The number of aryl methyl sites for hydroxylation is 1. The number of amides is 2. The Labute approximate surface area is 224 Å². The van der Waals surface area contributed by atoms with Gasteiger partial charge in [-0.2, -0.15) is 4.99 Å². The van der Waals surface area contributed by atoms with E-state index in [-0.39, 0.29) is 10.8 Å². The molecule has 0 radical (unpaired) electrons. The Bertz CT molecular complexity index is 1640. The molecule has 0 unspecified atom stereocenters. The number of sulfonamides is 1. The number of hydrogen-bond donors (Lipinski definition) is 2. The van der Waals surface area contributed by atoms with Gasteiger partial charge in [-0.3, -0.25) is 14.3 Å². The molecule has 9 nitrogen and oxygen atoms in total. The summed E-state index contributed by atoms with van der Waals surface area (Å²) in [5.41, 5.74) is 3.14. The number of aromatic nitrogens is 1. The van der Waals surface area contributed by atoms with Crippen molar-refractivity contribution < 1.29 is 22.7 Å². The molecule has 0 atom stereocenters. The van der Waals surface area contributed by atoms with E-state index in [4.69, 9.17) is 4.74 Å². The van der Waals surface area contributed by atoms with E-state index in [1.54, 1.807) is 30.3 Å². The van der Waals surface area contributed by atoms with Crippen LogP contribution < -0.4 is 14.8 Å². The van der Waals surface area contributed by atoms with Crippen molar-refractivity contribution in [1.82, 2.24) is 4.57 Å². The summed E-state index contributed by atoms with van der Waals surface area (Å²) in [6.45, 7) is 6.76. The summed E-state index contributed by atoms with van der Waals surface area (Å²) >= 11 is 1.33. The van der Waals surface area contributed by atoms with Gasteiger partial charge in [0.25, 0.3) is 15.9 Å². The van der Waals surface area contributed by atoms with Crippen molar-refractivity contribution in [3.05, 3.63) is 82.7 Å². The summed E-state index contributed by atoms with van der Waals surface area (Å²) in [6.07, 6.45) is 0. The van der Waals surface area contributed by atoms with Crippen LogP contribution in [-0.2, 0) is 26.1 Å². The van der Waals surface area contributed by atoms with Gasteiger partial charge in [-0.05, 0) is 68.4 Å². The maximum atomic E-state index is 13.0. The number of thiazole rings is 1. The number of rotatable bonds is 9. The molecule has 0 saturated heterocycles. The minimum atomic E-state index is -3.75. The van der Waals surface area contributed by atoms with Gasteiger partial charge in [-0.15, -0.1) is 0 Å². The molecule has 0 fully saturated rings. The van der Waals surface area contributed by atoms with Crippen LogP contribution in [0.25, 0.3) is 10.2 Å². The van der Waals surface area contributed by atoms with Crippen molar-refractivity contribution in [2.75, 3.05) is 23.3 Å². The molecule has 0 spiro atoms. The van der Waals surface area contributed by atoms with Crippen molar-refractivity contribution in [3.8, 4) is 0 Å². The monoisotopic (exact) mass is 552 g/mol. The van der Waals surface area contributed by atoms with E-state index in [9.17, 15) is 18.0 Å². The Balaban J connectivity index is 1.60. The van der Waals surface area contributed by atoms with Gasteiger partial charge < -0.3 is 14.6 Å². The standard InChI is InChI=1S/C27H28N4O5S2/c1-4-36-16-15-31-24-14-11-22(28-19(3)32)17-25(24)37-27(31)29-26(33)20-7-9-21(10-8-20)30-38(34,35)23-12-5-18(2)6-13-23/h5-14,17,30H,4,15-16H2,1-3H3,(H,28,32). The second-order valence-corrected chi connectivity index (χ2v) is 11.2. The second kappa shape index (κ2) is 11.7. The van der Waals surface area contributed by atoms with Crippen molar-refractivity contribution in [2.24, 2.45) is 4.99 Å². The van der Waals surface area contributed by atoms with Crippen LogP contribution in [0.4, 0.5) is 11.4 Å². The van der Waals surface area contributed by atoms with Crippen LogP contribution in [0.15, 0.2) is 76.6 Å². The maximum absolute atomic E-state index is 13.0. The number of hydrogen-bond acceptors (Lipinski definition) is 6. The minimum absolute atomic E-state index is 0.154.